The molecule has 0 fully saturated rings. The highest BCUT2D eigenvalue weighted by atomic mass is 15.1. The minimum absolute atomic E-state index is 0.513. The van der Waals surface area contributed by atoms with Crippen LogP contribution in [0.4, 0.5) is 0 Å². The van der Waals surface area contributed by atoms with Crippen LogP contribution in [-0.2, 0) is 13.1 Å². The molecule has 23 heavy (non-hydrogen) atoms. The summed E-state index contributed by atoms with van der Waals surface area (Å²) in [6.07, 6.45) is 1.03. The molecule has 4 nitrogen and oxygen atoms in total. The predicted octanol–water partition coefficient (Wildman–Crippen LogP) is 2.61. The Labute approximate surface area is 139 Å². The van der Waals surface area contributed by atoms with E-state index in [1.807, 2.05) is 24.3 Å². The van der Waals surface area contributed by atoms with Gasteiger partial charge in [0.2, 0.25) is 0 Å². The minimum atomic E-state index is 0.513. The molecule has 0 aliphatic rings. The summed E-state index contributed by atoms with van der Waals surface area (Å²) in [7, 11) is 2.14. The van der Waals surface area contributed by atoms with Gasteiger partial charge in [0.05, 0.1) is 6.54 Å². The standard InChI is InChI=1S/C19H26N4/c1-23(16-18-11-6-3-7-12-18)14-8-13-21-19(20)22-15-17-9-4-2-5-10-17/h2-7,9-12H,8,13-16H2,1H3,(H3,20,21,22). The van der Waals surface area contributed by atoms with Crippen LogP contribution in [0.5, 0.6) is 0 Å². The van der Waals surface area contributed by atoms with Crippen molar-refractivity contribution in [3.8, 4) is 0 Å². The fourth-order valence-corrected chi connectivity index (χ4v) is 2.36. The molecule has 0 saturated carbocycles. The largest absolute Gasteiger partial charge is 0.370 e. The van der Waals surface area contributed by atoms with E-state index in [0.717, 1.165) is 26.1 Å². The molecule has 3 N–H and O–H groups in total. The van der Waals surface area contributed by atoms with Crippen molar-refractivity contribution in [2.45, 2.75) is 19.5 Å². The second kappa shape index (κ2) is 9.64. The van der Waals surface area contributed by atoms with Crippen LogP contribution in [0.1, 0.15) is 17.5 Å². The van der Waals surface area contributed by atoms with Gasteiger partial charge in [0.1, 0.15) is 0 Å². The van der Waals surface area contributed by atoms with E-state index in [0.29, 0.717) is 12.5 Å². The number of nitrogens with two attached hydrogens (primary N) is 1. The van der Waals surface area contributed by atoms with Gasteiger partial charge < -0.3 is 16.0 Å². The zero-order valence-electron chi connectivity index (χ0n) is 13.8. The van der Waals surface area contributed by atoms with Gasteiger partial charge in [0.15, 0.2) is 5.96 Å². The molecule has 0 aliphatic heterocycles. The number of rotatable bonds is 8. The lowest BCUT2D eigenvalue weighted by Gasteiger charge is -2.16. The maximum absolute atomic E-state index is 5.89. The van der Waals surface area contributed by atoms with E-state index >= 15 is 0 Å². The maximum atomic E-state index is 5.89. The molecule has 0 aliphatic carbocycles. The van der Waals surface area contributed by atoms with E-state index in [-0.39, 0.29) is 0 Å². The van der Waals surface area contributed by atoms with Crippen LogP contribution in [0.2, 0.25) is 0 Å². The third-order valence-corrected chi connectivity index (χ3v) is 3.59. The molecule has 0 radical (unpaired) electrons. The molecule has 0 bridgehead atoms. The first-order chi connectivity index (χ1) is 11.2. The zero-order chi connectivity index (χ0) is 16.3. The quantitative estimate of drug-likeness (QED) is 0.448. The third kappa shape index (κ3) is 6.98. The summed E-state index contributed by atoms with van der Waals surface area (Å²) in [6, 6.07) is 20.6. The van der Waals surface area contributed by atoms with E-state index < -0.39 is 0 Å². The Morgan fingerprint density at radius 3 is 2.26 bits per heavy atom. The Morgan fingerprint density at radius 1 is 1.00 bits per heavy atom. The van der Waals surface area contributed by atoms with Gasteiger partial charge in [-0.05, 0) is 31.1 Å². The van der Waals surface area contributed by atoms with Gasteiger partial charge in [0.25, 0.3) is 0 Å². The Kier molecular flexibility index (Phi) is 7.14. The smallest absolute Gasteiger partial charge is 0.188 e. The van der Waals surface area contributed by atoms with Gasteiger partial charge >= 0.3 is 0 Å². The number of nitrogens with one attached hydrogen (secondary N) is 1. The summed E-state index contributed by atoms with van der Waals surface area (Å²) < 4.78 is 0. The monoisotopic (exact) mass is 310 g/mol. The number of hydrogen-bond acceptors (Lipinski definition) is 2. The fraction of sp³-hybridized carbons (Fsp3) is 0.316. The Morgan fingerprint density at radius 2 is 1.61 bits per heavy atom. The predicted molar refractivity (Wildman–Crippen MR) is 97.2 cm³/mol. The highest BCUT2D eigenvalue weighted by molar-refractivity contribution is 5.77. The summed E-state index contributed by atoms with van der Waals surface area (Å²) in [5.74, 6) is 0.513. The third-order valence-electron chi connectivity index (χ3n) is 3.59. The van der Waals surface area contributed by atoms with Crippen LogP contribution < -0.4 is 11.1 Å². The van der Waals surface area contributed by atoms with E-state index in [1.165, 1.54) is 11.1 Å². The second-order valence-electron chi connectivity index (χ2n) is 5.69. The molecule has 122 valence electrons. The van der Waals surface area contributed by atoms with Crippen LogP contribution in [0, 0.1) is 0 Å². The molecule has 2 rings (SSSR count). The first-order valence-corrected chi connectivity index (χ1v) is 8.04. The fourth-order valence-electron chi connectivity index (χ4n) is 2.36. The summed E-state index contributed by atoms with van der Waals surface area (Å²) in [5.41, 5.74) is 8.39. The van der Waals surface area contributed by atoms with Crippen LogP contribution >= 0.6 is 0 Å². The Bertz CT molecular complexity index is 581. The van der Waals surface area contributed by atoms with Crippen molar-refractivity contribution in [1.29, 1.82) is 0 Å². The summed E-state index contributed by atoms with van der Waals surface area (Å²) >= 11 is 0. The van der Waals surface area contributed by atoms with E-state index in [4.69, 9.17) is 5.73 Å². The normalized spacial score (nSPS) is 11.7. The lowest BCUT2D eigenvalue weighted by atomic mass is 10.2. The molecule has 0 saturated heterocycles. The van der Waals surface area contributed by atoms with E-state index in [2.05, 4.69) is 58.7 Å². The first-order valence-electron chi connectivity index (χ1n) is 8.04. The zero-order valence-corrected chi connectivity index (χ0v) is 13.8. The van der Waals surface area contributed by atoms with Crippen molar-refractivity contribution in [3.05, 3.63) is 71.8 Å². The van der Waals surface area contributed by atoms with Crippen molar-refractivity contribution in [2.75, 3.05) is 20.1 Å². The van der Waals surface area contributed by atoms with Crippen molar-refractivity contribution in [3.63, 3.8) is 0 Å². The molecule has 0 spiro atoms. The molecular formula is C19H26N4. The van der Waals surface area contributed by atoms with Crippen LogP contribution in [0.15, 0.2) is 65.7 Å². The SMILES string of the molecule is CN(CCCNC(N)=NCc1ccccc1)Cc1ccccc1. The Balaban J connectivity index is 1.61. The average molecular weight is 310 g/mol. The van der Waals surface area contributed by atoms with Gasteiger partial charge in [-0.25, -0.2) is 4.99 Å². The number of hydrogen-bond donors (Lipinski definition) is 2. The van der Waals surface area contributed by atoms with Gasteiger partial charge in [-0.2, -0.15) is 0 Å². The molecular weight excluding hydrogens is 284 g/mol. The summed E-state index contributed by atoms with van der Waals surface area (Å²) in [5, 5.41) is 3.17. The summed E-state index contributed by atoms with van der Waals surface area (Å²) in [4.78, 5) is 6.66. The second-order valence-corrected chi connectivity index (χ2v) is 5.69. The molecule has 4 heteroatoms. The van der Waals surface area contributed by atoms with Crippen molar-refractivity contribution in [2.24, 2.45) is 10.7 Å². The van der Waals surface area contributed by atoms with Gasteiger partial charge in [-0.3, -0.25) is 0 Å². The highest BCUT2D eigenvalue weighted by Crippen LogP contribution is 2.02. The molecule has 0 aromatic heterocycles. The molecule has 0 unspecified atom stereocenters. The van der Waals surface area contributed by atoms with Gasteiger partial charge in [0, 0.05) is 13.1 Å². The van der Waals surface area contributed by atoms with Crippen LogP contribution in [-0.4, -0.2) is 31.0 Å². The van der Waals surface area contributed by atoms with Crippen molar-refractivity contribution in [1.82, 2.24) is 10.2 Å². The van der Waals surface area contributed by atoms with Crippen molar-refractivity contribution >= 4 is 5.96 Å². The maximum Gasteiger partial charge on any atom is 0.188 e. The Hall–Kier alpha value is -2.33. The topological polar surface area (TPSA) is 53.6 Å². The van der Waals surface area contributed by atoms with E-state index in [1.54, 1.807) is 0 Å². The highest BCUT2D eigenvalue weighted by Gasteiger charge is 2.00. The molecule has 0 amide bonds. The van der Waals surface area contributed by atoms with Gasteiger partial charge in [-0.1, -0.05) is 60.7 Å². The molecule has 0 heterocycles. The lowest BCUT2D eigenvalue weighted by molar-refractivity contribution is 0.322. The van der Waals surface area contributed by atoms with E-state index in [9.17, 15) is 0 Å². The van der Waals surface area contributed by atoms with Crippen LogP contribution in [0.25, 0.3) is 0 Å². The molecule has 0 atom stereocenters. The number of benzene rings is 2. The average Bonchev–Trinajstić information content (AvgIpc) is 2.59. The first kappa shape index (κ1) is 17.0. The van der Waals surface area contributed by atoms with Crippen molar-refractivity contribution < 1.29 is 0 Å². The number of nitrogens with zero attached hydrogens (tertiary/aromatic N) is 2. The van der Waals surface area contributed by atoms with Crippen LogP contribution in [0.3, 0.4) is 0 Å². The van der Waals surface area contributed by atoms with Gasteiger partial charge in [-0.15, -0.1) is 0 Å². The lowest BCUT2D eigenvalue weighted by Crippen LogP contribution is -2.34. The minimum Gasteiger partial charge on any atom is -0.370 e. The molecule has 2 aromatic rings. The summed E-state index contributed by atoms with van der Waals surface area (Å²) in [6.45, 7) is 3.45. The number of aliphatic imine (C=N–C) groups is 1. The number of guanidine groups is 1. The molecule has 2 aromatic carbocycles.